The molecule has 3 aliphatic heterocycles. The number of ether oxygens (including phenoxy) is 1. The van der Waals surface area contributed by atoms with Gasteiger partial charge in [-0.15, -0.1) is 0 Å². The van der Waals surface area contributed by atoms with Crippen LogP contribution < -0.4 is 4.74 Å². The molecule has 0 amide bonds. The number of carbonyl (C=O) groups excluding carboxylic acids is 1. The minimum atomic E-state index is 0.162. The van der Waals surface area contributed by atoms with Gasteiger partial charge >= 0.3 is 0 Å². The third-order valence-electron chi connectivity index (χ3n) is 5.27. The maximum Gasteiger partial charge on any atom is 0.184 e. The second-order valence-corrected chi connectivity index (χ2v) is 6.51. The number of methoxy groups -OCH3 is 1. The molecule has 1 N–H and O–H groups in total. The summed E-state index contributed by atoms with van der Waals surface area (Å²) in [5, 5.41) is 8.10. The Labute approximate surface area is 129 Å². The zero-order chi connectivity index (χ0) is 15.1. The van der Waals surface area contributed by atoms with E-state index in [0.29, 0.717) is 18.0 Å². The third kappa shape index (κ3) is 2.29. The van der Waals surface area contributed by atoms with Crippen molar-refractivity contribution in [2.75, 3.05) is 26.7 Å². The molecule has 3 fully saturated rings. The molecule has 2 bridgehead atoms. The smallest absolute Gasteiger partial charge is 0.184 e. The number of piperidine rings is 3. The van der Waals surface area contributed by atoms with Crippen molar-refractivity contribution in [2.24, 2.45) is 11.8 Å². The lowest BCUT2D eigenvalue weighted by Crippen LogP contribution is -2.47. The van der Waals surface area contributed by atoms with Gasteiger partial charge in [0.2, 0.25) is 0 Å². The second kappa shape index (κ2) is 5.39. The summed E-state index contributed by atoms with van der Waals surface area (Å²) in [5.74, 6) is 2.15. The number of aromatic nitrogens is 2. The van der Waals surface area contributed by atoms with Crippen LogP contribution in [0.1, 0.15) is 29.8 Å². The molecule has 0 aliphatic carbocycles. The second-order valence-electron chi connectivity index (χ2n) is 6.51. The lowest BCUT2D eigenvalue weighted by atomic mass is 9.76. The number of Topliss-reactive ketones (excluding diaryl/α,β-unsaturated/α-hetero) is 1. The first-order valence-corrected chi connectivity index (χ1v) is 8.02. The Morgan fingerprint density at radius 2 is 2.23 bits per heavy atom. The van der Waals surface area contributed by atoms with E-state index in [-0.39, 0.29) is 5.78 Å². The number of H-pyrrole nitrogens is 1. The number of hydrogen-bond acceptors (Lipinski definition) is 4. The molecule has 3 aliphatic rings. The Bertz CT molecular complexity index is 701. The van der Waals surface area contributed by atoms with Gasteiger partial charge in [-0.05, 0) is 49.9 Å². The number of benzene rings is 1. The molecule has 1 aromatic heterocycles. The summed E-state index contributed by atoms with van der Waals surface area (Å²) in [7, 11) is 1.64. The van der Waals surface area contributed by atoms with E-state index < -0.39 is 0 Å². The van der Waals surface area contributed by atoms with E-state index in [1.807, 2.05) is 18.2 Å². The topological polar surface area (TPSA) is 58.2 Å². The van der Waals surface area contributed by atoms with Crippen LogP contribution in [0.2, 0.25) is 0 Å². The molecule has 0 radical (unpaired) electrons. The van der Waals surface area contributed by atoms with Gasteiger partial charge in [0.15, 0.2) is 5.78 Å². The van der Waals surface area contributed by atoms with Crippen molar-refractivity contribution >= 4 is 16.7 Å². The highest BCUT2D eigenvalue weighted by Crippen LogP contribution is 2.35. The summed E-state index contributed by atoms with van der Waals surface area (Å²) < 4.78 is 5.21. The summed E-state index contributed by atoms with van der Waals surface area (Å²) in [5.41, 5.74) is 1.44. The standard InChI is InChI=1S/C17H21N3O2/c1-22-13-2-3-14-15(9-13)18-19-17(14)16(21)8-12-10-20-6-4-11(12)5-7-20/h2-3,9,11-12H,4-8,10H2,1H3,(H,18,19)/t12-/m0/s1. The van der Waals surface area contributed by atoms with Crippen LogP contribution in [0.25, 0.3) is 10.9 Å². The van der Waals surface area contributed by atoms with Gasteiger partial charge in [0.05, 0.1) is 12.6 Å². The molecular formula is C17H21N3O2. The van der Waals surface area contributed by atoms with Crippen molar-refractivity contribution in [2.45, 2.75) is 19.3 Å². The van der Waals surface area contributed by atoms with Crippen molar-refractivity contribution in [3.63, 3.8) is 0 Å². The fourth-order valence-corrected chi connectivity index (χ4v) is 3.99. The van der Waals surface area contributed by atoms with Gasteiger partial charge in [0, 0.05) is 24.4 Å². The Hall–Kier alpha value is -1.88. The van der Waals surface area contributed by atoms with Crippen LogP contribution in [0.3, 0.4) is 0 Å². The summed E-state index contributed by atoms with van der Waals surface area (Å²) in [6.07, 6.45) is 3.11. The quantitative estimate of drug-likeness (QED) is 0.881. The lowest BCUT2D eigenvalue weighted by Gasteiger charge is -2.44. The van der Waals surface area contributed by atoms with Crippen LogP contribution >= 0.6 is 0 Å². The summed E-state index contributed by atoms with van der Waals surface area (Å²) in [6, 6.07) is 5.68. The molecule has 0 unspecified atom stereocenters. The highest BCUT2D eigenvalue weighted by atomic mass is 16.5. The minimum Gasteiger partial charge on any atom is -0.497 e. The molecular weight excluding hydrogens is 278 g/mol. The zero-order valence-electron chi connectivity index (χ0n) is 12.8. The number of rotatable bonds is 4. The van der Waals surface area contributed by atoms with E-state index in [4.69, 9.17) is 4.74 Å². The predicted octanol–water partition coefficient (Wildman–Crippen LogP) is 2.49. The first kappa shape index (κ1) is 13.8. The van der Waals surface area contributed by atoms with Crippen LogP contribution in [0.5, 0.6) is 5.75 Å². The summed E-state index contributed by atoms with van der Waals surface area (Å²) in [4.78, 5) is 15.2. The van der Waals surface area contributed by atoms with Gasteiger partial charge in [-0.3, -0.25) is 9.89 Å². The average molecular weight is 299 g/mol. The van der Waals surface area contributed by atoms with Gasteiger partial charge in [-0.2, -0.15) is 5.10 Å². The largest absolute Gasteiger partial charge is 0.497 e. The monoisotopic (exact) mass is 299 g/mol. The van der Waals surface area contributed by atoms with E-state index in [1.54, 1.807) is 7.11 Å². The Morgan fingerprint density at radius 1 is 1.41 bits per heavy atom. The number of nitrogens with one attached hydrogen (secondary N) is 1. The number of hydrogen-bond donors (Lipinski definition) is 1. The van der Waals surface area contributed by atoms with Crippen molar-refractivity contribution in [1.29, 1.82) is 0 Å². The molecule has 116 valence electrons. The van der Waals surface area contributed by atoms with Crippen molar-refractivity contribution in [3.05, 3.63) is 23.9 Å². The first-order valence-electron chi connectivity index (χ1n) is 8.02. The molecule has 1 aromatic carbocycles. The van der Waals surface area contributed by atoms with E-state index in [0.717, 1.165) is 29.1 Å². The van der Waals surface area contributed by atoms with Crippen molar-refractivity contribution in [1.82, 2.24) is 15.1 Å². The van der Waals surface area contributed by atoms with Crippen LogP contribution in [0.4, 0.5) is 0 Å². The number of aromatic amines is 1. The zero-order valence-corrected chi connectivity index (χ0v) is 12.8. The summed E-state index contributed by atoms with van der Waals surface area (Å²) in [6.45, 7) is 3.49. The maximum atomic E-state index is 12.7. The Kier molecular flexibility index (Phi) is 3.37. The van der Waals surface area contributed by atoms with Crippen LogP contribution in [0.15, 0.2) is 18.2 Å². The van der Waals surface area contributed by atoms with Gasteiger partial charge in [0.1, 0.15) is 11.4 Å². The fraction of sp³-hybridized carbons (Fsp3) is 0.529. The normalized spacial score (nSPS) is 27.2. The fourth-order valence-electron chi connectivity index (χ4n) is 3.99. The first-order chi connectivity index (χ1) is 10.7. The molecule has 0 saturated carbocycles. The molecule has 1 atom stereocenters. The molecule has 22 heavy (non-hydrogen) atoms. The van der Waals surface area contributed by atoms with Crippen LogP contribution in [0, 0.1) is 11.8 Å². The maximum absolute atomic E-state index is 12.7. The summed E-state index contributed by atoms with van der Waals surface area (Å²) >= 11 is 0. The van der Waals surface area contributed by atoms with E-state index in [1.165, 1.54) is 25.9 Å². The molecule has 2 aromatic rings. The Morgan fingerprint density at radius 3 is 2.91 bits per heavy atom. The van der Waals surface area contributed by atoms with Crippen LogP contribution in [-0.4, -0.2) is 47.6 Å². The predicted molar refractivity (Wildman–Crippen MR) is 84.2 cm³/mol. The van der Waals surface area contributed by atoms with Crippen LogP contribution in [-0.2, 0) is 0 Å². The lowest BCUT2D eigenvalue weighted by molar-refractivity contribution is 0.0440. The Balaban J connectivity index is 1.55. The molecule has 4 heterocycles. The number of ketones is 1. The van der Waals surface area contributed by atoms with E-state index in [9.17, 15) is 4.79 Å². The SMILES string of the molecule is COc1ccc2c(C(=O)C[C@H]3CN4CCC3CC4)n[nH]c2c1. The molecule has 0 spiro atoms. The number of fused-ring (bicyclic) bond motifs is 4. The van der Waals surface area contributed by atoms with Crippen molar-refractivity contribution < 1.29 is 9.53 Å². The highest BCUT2D eigenvalue weighted by molar-refractivity contribution is 6.06. The molecule has 5 nitrogen and oxygen atoms in total. The number of nitrogens with zero attached hydrogens (tertiary/aromatic N) is 2. The van der Waals surface area contributed by atoms with E-state index >= 15 is 0 Å². The van der Waals surface area contributed by atoms with Gasteiger partial charge in [-0.25, -0.2) is 0 Å². The van der Waals surface area contributed by atoms with Gasteiger partial charge in [0.25, 0.3) is 0 Å². The third-order valence-corrected chi connectivity index (χ3v) is 5.27. The van der Waals surface area contributed by atoms with E-state index in [2.05, 4.69) is 15.1 Å². The minimum absolute atomic E-state index is 0.162. The molecule has 5 rings (SSSR count). The van der Waals surface area contributed by atoms with Gasteiger partial charge in [-0.1, -0.05) is 0 Å². The van der Waals surface area contributed by atoms with Crippen molar-refractivity contribution in [3.8, 4) is 5.75 Å². The molecule has 5 heteroatoms. The highest BCUT2D eigenvalue weighted by Gasteiger charge is 2.35. The van der Waals surface area contributed by atoms with Gasteiger partial charge < -0.3 is 9.64 Å². The molecule has 3 saturated heterocycles. The number of carbonyl (C=O) groups is 1. The average Bonchev–Trinajstić information content (AvgIpc) is 2.99.